The predicted molar refractivity (Wildman–Crippen MR) is 94.1 cm³/mol. The van der Waals surface area contributed by atoms with Crippen LogP contribution in [0.25, 0.3) is 0 Å². The molecule has 2 aromatic rings. The number of rotatable bonds is 9. The quantitative estimate of drug-likeness (QED) is 0.752. The third-order valence-corrected chi connectivity index (χ3v) is 4.49. The zero-order chi connectivity index (χ0) is 17.5. The number of phenolic OH excluding ortho intramolecular Hbond substituents is 1. The van der Waals surface area contributed by atoms with E-state index in [0.717, 1.165) is 56.6 Å². The Balaban J connectivity index is 1.67. The average Bonchev–Trinajstić information content (AvgIpc) is 3.27. The van der Waals surface area contributed by atoms with Crippen molar-refractivity contribution in [3.63, 3.8) is 0 Å². The van der Waals surface area contributed by atoms with Crippen molar-refractivity contribution in [1.29, 1.82) is 0 Å². The number of ether oxygens (including phenoxy) is 1. The Hall–Kier alpha value is -1.92. The lowest BCUT2D eigenvalue weighted by Gasteiger charge is -2.24. The molecule has 0 amide bonds. The summed E-state index contributed by atoms with van der Waals surface area (Å²) in [6, 6.07) is 7.43. The highest BCUT2D eigenvalue weighted by atomic mass is 16.5. The van der Waals surface area contributed by atoms with E-state index in [1.807, 2.05) is 18.2 Å². The molecule has 1 aliphatic rings. The first-order valence-corrected chi connectivity index (χ1v) is 9.17. The molecule has 1 saturated heterocycles. The van der Waals surface area contributed by atoms with Gasteiger partial charge in [0.25, 0.3) is 0 Å². The van der Waals surface area contributed by atoms with Crippen LogP contribution in [0.1, 0.15) is 49.9 Å². The Labute approximate surface area is 148 Å². The minimum absolute atomic E-state index is 0.230. The molecule has 0 unspecified atom stereocenters. The highest BCUT2D eigenvalue weighted by Gasteiger charge is 2.22. The molecule has 0 aliphatic carbocycles. The maximum atomic E-state index is 10.1. The summed E-state index contributed by atoms with van der Waals surface area (Å²) in [6.07, 6.45) is 5.44. The van der Waals surface area contributed by atoms with Crippen LogP contribution in [0.5, 0.6) is 5.75 Å². The van der Waals surface area contributed by atoms with Crippen LogP contribution < -0.4 is 0 Å². The van der Waals surface area contributed by atoms with Gasteiger partial charge in [-0.1, -0.05) is 36.7 Å². The number of aryl methyl sites for hydroxylation is 1. The summed E-state index contributed by atoms with van der Waals surface area (Å²) in [7, 11) is 0. The second kappa shape index (κ2) is 8.97. The van der Waals surface area contributed by atoms with Gasteiger partial charge in [0.05, 0.1) is 12.6 Å². The summed E-state index contributed by atoms with van der Waals surface area (Å²) in [5.74, 6) is 1.71. The predicted octanol–water partition coefficient (Wildman–Crippen LogP) is 3.30. The molecule has 6 nitrogen and oxygen atoms in total. The number of benzene rings is 1. The molecular formula is C19H27N3O3. The number of para-hydroxylation sites is 1. The molecule has 6 heteroatoms. The van der Waals surface area contributed by atoms with Crippen molar-refractivity contribution in [1.82, 2.24) is 15.0 Å². The number of aromatic nitrogens is 2. The Morgan fingerprint density at radius 2 is 2.16 bits per heavy atom. The largest absolute Gasteiger partial charge is 0.508 e. The Kier molecular flexibility index (Phi) is 6.42. The number of nitrogens with zero attached hydrogens (tertiary/aromatic N) is 3. The zero-order valence-electron chi connectivity index (χ0n) is 14.9. The van der Waals surface area contributed by atoms with Crippen molar-refractivity contribution in [2.75, 3.05) is 13.2 Å². The molecule has 1 aromatic heterocycles. The van der Waals surface area contributed by atoms with Crippen LogP contribution in [-0.4, -0.2) is 39.4 Å². The van der Waals surface area contributed by atoms with Gasteiger partial charge in [-0.25, -0.2) is 0 Å². The Morgan fingerprint density at radius 1 is 1.28 bits per heavy atom. The van der Waals surface area contributed by atoms with Gasteiger partial charge in [-0.2, -0.15) is 4.98 Å². The van der Waals surface area contributed by atoms with Crippen molar-refractivity contribution in [3.05, 3.63) is 41.5 Å². The van der Waals surface area contributed by atoms with Crippen molar-refractivity contribution < 1.29 is 14.4 Å². The van der Waals surface area contributed by atoms with Gasteiger partial charge in [0, 0.05) is 31.7 Å². The van der Waals surface area contributed by atoms with Gasteiger partial charge in [0.2, 0.25) is 5.89 Å². The van der Waals surface area contributed by atoms with Crippen LogP contribution in [0.2, 0.25) is 0 Å². The SMILES string of the molecule is CCCCc1noc(CN(Cc2ccccc2O)C[C@H]2CCCO2)n1. The monoisotopic (exact) mass is 345 g/mol. The van der Waals surface area contributed by atoms with Crippen molar-refractivity contribution >= 4 is 0 Å². The molecule has 136 valence electrons. The van der Waals surface area contributed by atoms with Gasteiger partial charge in [-0.05, 0) is 25.3 Å². The van der Waals surface area contributed by atoms with E-state index in [1.165, 1.54) is 0 Å². The third-order valence-electron chi connectivity index (χ3n) is 4.49. The van der Waals surface area contributed by atoms with E-state index < -0.39 is 0 Å². The maximum absolute atomic E-state index is 10.1. The van der Waals surface area contributed by atoms with Crippen molar-refractivity contribution in [2.45, 2.75) is 58.2 Å². The van der Waals surface area contributed by atoms with E-state index in [0.29, 0.717) is 24.7 Å². The molecule has 0 spiro atoms. The second-order valence-corrected chi connectivity index (χ2v) is 6.64. The van der Waals surface area contributed by atoms with Crippen LogP contribution >= 0.6 is 0 Å². The molecular weight excluding hydrogens is 318 g/mol. The van der Waals surface area contributed by atoms with Crippen molar-refractivity contribution in [2.24, 2.45) is 0 Å². The fourth-order valence-electron chi connectivity index (χ4n) is 3.13. The smallest absolute Gasteiger partial charge is 0.240 e. The lowest BCUT2D eigenvalue weighted by atomic mass is 10.1. The number of hydrogen-bond acceptors (Lipinski definition) is 6. The van der Waals surface area contributed by atoms with Crippen LogP contribution in [0.15, 0.2) is 28.8 Å². The number of unbranched alkanes of at least 4 members (excludes halogenated alkanes) is 1. The van der Waals surface area contributed by atoms with Gasteiger partial charge in [-0.3, -0.25) is 4.90 Å². The first-order chi connectivity index (χ1) is 12.2. The Morgan fingerprint density at radius 3 is 2.92 bits per heavy atom. The van der Waals surface area contributed by atoms with Crippen molar-refractivity contribution in [3.8, 4) is 5.75 Å². The molecule has 1 N–H and O–H groups in total. The highest BCUT2D eigenvalue weighted by Crippen LogP contribution is 2.21. The number of aromatic hydroxyl groups is 1. The van der Waals surface area contributed by atoms with E-state index in [9.17, 15) is 5.11 Å². The third kappa shape index (κ3) is 5.28. The molecule has 1 fully saturated rings. The maximum Gasteiger partial charge on any atom is 0.240 e. The molecule has 0 saturated carbocycles. The molecule has 2 heterocycles. The molecule has 1 aliphatic heterocycles. The second-order valence-electron chi connectivity index (χ2n) is 6.64. The van der Waals surface area contributed by atoms with Gasteiger partial charge >= 0.3 is 0 Å². The minimum atomic E-state index is 0.230. The van der Waals surface area contributed by atoms with E-state index >= 15 is 0 Å². The summed E-state index contributed by atoms with van der Waals surface area (Å²) < 4.78 is 11.2. The van der Waals surface area contributed by atoms with E-state index in [-0.39, 0.29) is 6.10 Å². The van der Waals surface area contributed by atoms with Gasteiger partial charge in [0.1, 0.15) is 5.75 Å². The minimum Gasteiger partial charge on any atom is -0.508 e. The van der Waals surface area contributed by atoms with Gasteiger partial charge in [-0.15, -0.1) is 0 Å². The number of phenols is 1. The molecule has 3 rings (SSSR count). The molecule has 0 radical (unpaired) electrons. The van der Waals surface area contributed by atoms with Crippen LogP contribution in [-0.2, 0) is 24.2 Å². The van der Waals surface area contributed by atoms with Crippen LogP contribution in [0.3, 0.4) is 0 Å². The summed E-state index contributed by atoms with van der Waals surface area (Å²) in [6.45, 7) is 4.96. The lowest BCUT2D eigenvalue weighted by Crippen LogP contribution is -2.31. The molecule has 25 heavy (non-hydrogen) atoms. The van der Waals surface area contributed by atoms with Crippen LogP contribution in [0, 0.1) is 0 Å². The normalized spacial score (nSPS) is 17.4. The summed E-state index contributed by atoms with van der Waals surface area (Å²) in [5, 5.41) is 14.1. The summed E-state index contributed by atoms with van der Waals surface area (Å²) >= 11 is 0. The fourth-order valence-corrected chi connectivity index (χ4v) is 3.13. The zero-order valence-corrected chi connectivity index (χ0v) is 14.9. The average molecular weight is 345 g/mol. The molecule has 1 atom stereocenters. The molecule has 1 aromatic carbocycles. The topological polar surface area (TPSA) is 71.6 Å². The van der Waals surface area contributed by atoms with Gasteiger partial charge in [0.15, 0.2) is 5.82 Å². The Bertz CT molecular complexity index is 653. The summed E-state index contributed by atoms with van der Waals surface area (Å²) in [5.41, 5.74) is 0.895. The van der Waals surface area contributed by atoms with E-state index in [4.69, 9.17) is 9.26 Å². The lowest BCUT2D eigenvalue weighted by molar-refractivity contribution is 0.0637. The van der Waals surface area contributed by atoms with E-state index in [1.54, 1.807) is 6.07 Å². The van der Waals surface area contributed by atoms with E-state index in [2.05, 4.69) is 22.0 Å². The number of hydrogen-bond donors (Lipinski definition) is 1. The fraction of sp³-hybridized carbons (Fsp3) is 0.579. The molecule has 0 bridgehead atoms. The van der Waals surface area contributed by atoms with Crippen LogP contribution in [0.4, 0.5) is 0 Å². The standard InChI is InChI=1S/C19H27N3O3/c1-2-3-10-18-20-19(25-21-18)14-22(13-16-8-6-11-24-16)12-15-7-4-5-9-17(15)23/h4-5,7,9,16,23H,2-3,6,8,10-14H2,1H3/t16-/m1/s1. The summed E-state index contributed by atoms with van der Waals surface area (Å²) in [4.78, 5) is 6.71. The highest BCUT2D eigenvalue weighted by molar-refractivity contribution is 5.31. The van der Waals surface area contributed by atoms with Gasteiger partial charge < -0.3 is 14.4 Å². The first-order valence-electron chi connectivity index (χ1n) is 9.17. The first kappa shape index (κ1) is 17.9.